The average Bonchev–Trinajstić information content (AvgIpc) is 2.20. The first-order valence-electron chi connectivity index (χ1n) is 4.72. The summed E-state index contributed by atoms with van der Waals surface area (Å²) in [5, 5.41) is -0.0517. The molecular weight excluding hydrogens is 250 g/mol. The third-order valence-corrected chi connectivity index (χ3v) is 4.11. The molecule has 0 aromatic heterocycles. The molecule has 0 fully saturated rings. The summed E-state index contributed by atoms with van der Waals surface area (Å²) in [4.78, 5) is 0. The van der Waals surface area contributed by atoms with Gasteiger partial charge in [0.2, 0.25) is 10.0 Å². The second-order valence-electron chi connectivity index (χ2n) is 3.55. The molecule has 0 amide bonds. The minimum atomic E-state index is -3.34. The van der Waals surface area contributed by atoms with Gasteiger partial charge < -0.3 is 4.74 Å². The van der Waals surface area contributed by atoms with Crippen LogP contribution in [0.3, 0.4) is 0 Å². The van der Waals surface area contributed by atoms with Crippen molar-refractivity contribution in [1.82, 2.24) is 0 Å². The first kappa shape index (κ1) is 13.1. The molecule has 0 aliphatic rings. The highest BCUT2D eigenvalue weighted by Crippen LogP contribution is 2.28. The van der Waals surface area contributed by atoms with Gasteiger partial charge in [-0.05, 0) is 26.0 Å². The summed E-state index contributed by atoms with van der Waals surface area (Å²) in [6, 6.07) is 4.71. The smallest absolute Gasteiger partial charge is 0.235 e. The molecule has 0 radical (unpaired) electrons. The summed E-state index contributed by atoms with van der Waals surface area (Å²) >= 11 is 5.83. The van der Waals surface area contributed by atoms with Gasteiger partial charge in [0.15, 0.2) is 0 Å². The Bertz CT molecular complexity index is 471. The largest absolute Gasteiger partial charge is 0.495 e. The summed E-state index contributed by atoms with van der Waals surface area (Å²) in [5.74, 6) is 0.436. The van der Waals surface area contributed by atoms with E-state index in [0.717, 1.165) is 0 Å². The summed E-state index contributed by atoms with van der Waals surface area (Å²) in [5.41, 5.74) is 0.440. The van der Waals surface area contributed by atoms with Crippen LogP contribution in [0.5, 0.6) is 5.75 Å². The zero-order chi connectivity index (χ0) is 12.3. The van der Waals surface area contributed by atoms with Crippen molar-refractivity contribution in [3.8, 4) is 5.75 Å². The number of hydrogen-bond acceptors (Lipinski definition) is 3. The molecule has 0 saturated heterocycles. The predicted octanol–water partition coefficient (Wildman–Crippen LogP) is 2.50. The predicted molar refractivity (Wildman–Crippen MR) is 65.7 cm³/mol. The maximum atomic E-state index is 11.6. The highest BCUT2D eigenvalue weighted by Gasteiger charge is 2.16. The van der Waals surface area contributed by atoms with Crippen molar-refractivity contribution in [3.05, 3.63) is 23.2 Å². The van der Waals surface area contributed by atoms with Crippen molar-refractivity contribution in [2.75, 3.05) is 11.8 Å². The molecule has 0 atom stereocenters. The van der Waals surface area contributed by atoms with E-state index in [9.17, 15) is 8.42 Å². The van der Waals surface area contributed by atoms with E-state index in [4.69, 9.17) is 16.3 Å². The van der Waals surface area contributed by atoms with Gasteiger partial charge in [0.1, 0.15) is 5.75 Å². The molecule has 16 heavy (non-hydrogen) atoms. The van der Waals surface area contributed by atoms with Crippen LogP contribution in [0.2, 0.25) is 5.02 Å². The molecule has 1 N–H and O–H groups in total. The number of anilines is 1. The molecule has 90 valence electrons. The lowest BCUT2D eigenvalue weighted by Gasteiger charge is -2.12. The first-order valence-corrected chi connectivity index (χ1v) is 6.64. The van der Waals surface area contributed by atoms with Gasteiger partial charge in [0.25, 0.3) is 0 Å². The number of benzene rings is 1. The molecule has 1 aromatic rings. The SMILES string of the molecule is COc1cc(NS(=O)(=O)C(C)C)ccc1Cl. The third kappa shape index (κ3) is 3.02. The molecule has 0 aliphatic carbocycles. The maximum absolute atomic E-state index is 11.6. The normalized spacial score (nSPS) is 11.6. The Labute approximate surface area is 101 Å². The highest BCUT2D eigenvalue weighted by molar-refractivity contribution is 7.93. The van der Waals surface area contributed by atoms with Crippen LogP contribution in [0.4, 0.5) is 5.69 Å². The van der Waals surface area contributed by atoms with Crippen molar-refractivity contribution >= 4 is 27.3 Å². The number of methoxy groups -OCH3 is 1. The van der Waals surface area contributed by atoms with E-state index in [1.807, 2.05) is 0 Å². The van der Waals surface area contributed by atoms with Crippen LogP contribution in [0.25, 0.3) is 0 Å². The van der Waals surface area contributed by atoms with Crippen molar-refractivity contribution in [2.45, 2.75) is 19.1 Å². The molecule has 6 heteroatoms. The van der Waals surface area contributed by atoms with Crippen LogP contribution in [0.15, 0.2) is 18.2 Å². The fourth-order valence-electron chi connectivity index (χ4n) is 1.01. The van der Waals surface area contributed by atoms with Gasteiger partial charge in [-0.15, -0.1) is 0 Å². The van der Waals surface area contributed by atoms with Gasteiger partial charge in [-0.1, -0.05) is 11.6 Å². The molecule has 1 rings (SSSR count). The van der Waals surface area contributed by atoms with Gasteiger partial charge in [0.05, 0.1) is 23.1 Å². The molecular formula is C10H14ClNO3S. The number of rotatable bonds is 4. The lowest BCUT2D eigenvalue weighted by molar-refractivity contribution is 0.415. The average molecular weight is 264 g/mol. The number of sulfonamides is 1. The van der Waals surface area contributed by atoms with Gasteiger partial charge in [-0.2, -0.15) is 0 Å². The van der Waals surface area contributed by atoms with Crippen molar-refractivity contribution in [2.24, 2.45) is 0 Å². The van der Waals surface area contributed by atoms with E-state index in [1.54, 1.807) is 32.0 Å². The molecule has 0 unspecified atom stereocenters. The van der Waals surface area contributed by atoms with Crippen molar-refractivity contribution in [3.63, 3.8) is 0 Å². The van der Waals surface area contributed by atoms with Gasteiger partial charge in [-0.3, -0.25) is 4.72 Å². The molecule has 0 saturated carbocycles. The zero-order valence-corrected chi connectivity index (χ0v) is 10.9. The number of ether oxygens (including phenoxy) is 1. The summed E-state index contributed by atoms with van der Waals surface area (Å²) in [7, 11) is -1.86. The van der Waals surface area contributed by atoms with E-state index >= 15 is 0 Å². The second-order valence-corrected chi connectivity index (χ2v) is 6.19. The van der Waals surface area contributed by atoms with E-state index in [0.29, 0.717) is 16.5 Å². The Morgan fingerprint density at radius 1 is 1.38 bits per heavy atom. The van der Waals surface area contributed by atoms with Crippen LogP contribution in [0.1, 0.15) is 13.8 Å². The van der Waals surface area contributed by atoms with Crippen molar-refractivity contribution in [1.29, 1.82) is 0 Å². The number of hydrogen-bond donors (Lipinski definition) is 1. The molecule has 0 bridgehead atoms. The second kappa shape index (κ2) is 4.93. The zero-order valence-electron chi connectivity index (χ0n) is 9.32. The lowest BCUT2D eigenvalue weighted by Crippen LogP contribution is -2.22. The van der Waals surface area contributed by atoms with Crippen LogP contribution in [-0.2, 0) is 10.0 Å². The Balaban J connectivity index is 2.99. The highest BCUT2D eigenvalue weighted by atomic mass is 35.5. The lowest BCUT2D eigenvalue weighted by atomic mass is 10.3. The quantitative estimate of drug-likeness (QED) is 0.908. The number of halogens is 1. The maximum Gasteiger partial charge on any atom is 0.235 e. The van der Waals surface area contributed by atoms with Crippen LogP contribution < -0.4 is 9.46 Å². The van der Waals surface area contributed by atoms with Crippen LogP contribution in [0, 0.1) is 0 Å². The fraction of sp³-hybridized carbons (Fsp3) is 0.400. The molecule has 0 spiro atoms. The van der Waals surface area contributed by atoms with Crippen LogP contribution >= 0.6 is 11.6 Å². The standard InChI is InChI=1S/C10H14ClNO3S/c1-7(2)16(13,14)12-8-4-5-9(11)10(6-8)15-3/h4-7,12H,1-3H3. The molecule has 1 aromatic carbocycles. The Morgan fingerprint density at radius 2 is 2.00 bits per heavy atom. The van der Waals surface area contributed by atoms with E-state index in [-0.39, 0.29) is 0 Å². The molecule has 0 heterocycles. The summed E-state index contributed by atoms with van der Waals surface area (Å²) in [6.45, 7) is 3.21. The summed E-state index contributed by atoms with van der Waals surface area (Å²) in [6.07, 6.45) is 0. The summed E-state index contributed by atoms with van der Waals surface area (Å²) < 4.78 is 30.6. The van der Waals surface area contributed by atoms with Gasteiger partial charge >= 0.3 is 0 Å². The Morgan fingerprint density at radius 3 is 2.50 bits per heavy atom. The van der Waals surface area contributed by atoms with Gasteiger partial charge in [-0.25, -0.2) is 8.42 Å². The topological polar surface area (TPSA) is 55.4 Å². The molecule has 4 nitrogen and oxygen atoms in total. The fourth-order valence-corrected chi connectivity index (χ4v) is 1.89. The first-order chi connectivity index (χ1) is 7.36. The third-order valence-electron chi connectivity index (χ3n) is 2.03. The van der Waals surface area contributed by atoms with E-state index in [1.165, 1.54) is 7.11 Å². The molecule has 0 aliphatic heterocycles. The van der Waals surface area contributed by atoms with E-state index in [2.05, 4.69) is 4.72 Å². The minimum absolute atomic E-state index is 0.436. The minimum Gasteiger partial charge on any atom is -0.495 e. The van der Waals surface area contributed by atoms with Crippen LogP contribution in [-0.4, -0.2) is 20.8 Å². The number of nitrogens with one attached hydrogen (secondary N) is 1. The Kier molecular flexibility index (Phi) is 4.04. The monoisotopic (exact) mass is 263 g/mol. The van der Waals surface area contributed by atoms with E-state index < -0.39 is 15.3 Å². The van der Waals surface area contributed by atoms with Crippen molar-refractivity contribution < 1.29 is 13.2 Å². The Hall–Kier alpha value is -0.940. The van der Waals surface area contributed by atoms with Gasteiger partial charge in [0, 0.05) is 6.07 Å².